The van der Waals surface area contributed by atoms with Gasteiger partial charge in [-0.2, -0.15) is 0 Å². The summed E-state index contributed by atoms with van der Waals surface area (Å²) in [5, 5.41) is 3.77. The zero-order valence-corrected chi connectivity index (χ0v) is 9.92. The third-order valence-electron chi connectivity index (χ3n) is 3.36. The van der Waals surface area contributed by atoms with Crippen LogP contribution in [0.25, 0.3) is 0 Å². The van der Waals surface area contributed by atoms with Gasteiger partial charge in [-0.25, -0.2) is 0 Å². The molecule has 1 nitrogen and oxygen atoms in total. The summed E-state index contributed by atoms with van der Waals surface area (Å²) < 4.78 is 0. The minimum absolute atomic E-state index is 0.726. The van der Waals surface area contributed by atoms with E-state index in [0.717, 1.165) is 18.0 Å². The molecule has 0 amide bonds. The molecule has 0 aromatic carbocycles. The molecular weight excluding hydrogens is 170 g/mol. The van der Waals surface area contributed by atoms with Crippen molar-refractivity contribution in [3.8, 4) is 0 Å². The number of hydrogen-bond donors (Lipinski definition) is 1. The van der Waals surface area contributed by atoms with Crippen LogP contribution in [-0.2, 0) is 0 Å². The van der Waals surface area contributed by atoms with Crippen LogP contribution in [-0.4, -0.2) is 12.1 Å². The molecule has 2 atom stereocenters. The Hall–Kier alpha value is -0.300. The van der Waals surface area contributed by atoms with E-state index < -0.39 is 0 Å². The lowest BCUT2D eigenvalue weighted by molar-refractivity contribution is 0.352. The lowest BCUT2D eigenvalue weighted by Gasteiger charge is -2.24. The summed E-state index contributed by atoms with van der Waals surface area (Å²) in [6.07, 6.45) is 11.0. The fourth-order valence-corrected chi connectivity index (χ4v) is 2.09. The van der Waals surface area contributed by atoms with Gasteiger partial charge in [0.25, 0.3) is 0 Å². The van der Waals surface area contributed by atoms with Crippen LogP contribution in [0.4, 0.5) is 0 Å². The Kier molecular flexibility index (Phi) is 5.24. The second-order valence-corrected chi connectivity index (χ2v) is 4.66. The Bertz CT molecular complexity index is 166. The summed E-state index contributed by atoms with van der Waals surface area (Å²) in [4.78, 5) is 0. The third-order valence-corrected chi connectivity index (χ3v) is 3.36. The van der Waals surface area contributed by atoms with E-state index in [1.54, 1.807) is 0 Å². The molecule has 0 aromatic rings. The zero-order chi connectivity index (χ0) is 10.4. The molecule has 0 aromatic heterocycles. The van der Waals surface area contributed by atoms with Crippen molar-refractivity contribution in [2.24, 2.45) is 5.92 Å². The molecular formula is C13H25N. The highest BCUT2D eigenvalue weighted by Gasteiger charge is 2.16. The van der Waals surface area contributed by atoms with Gasteiger partial charge in [-0.1, -0.05) is 39.3 Å². The van der Waals surface area contributed by atoms with E-state index in [0.29, 0.717) is 0 Å². The molecule has 0 fully saturated rings. The monoisotopic (exact) mass is 195 g/mol. The summed E-state index contributed by atoms with van der Waals surface area (Å²) in [6.45, 7) is 6.94. The second-order valence-electron chi connectivity index (χ2n) is 4.66. The highest BCUT2D eigenvalue weighted by Crippen LogP contribution is 2.16. The quantitative estimate of drug-likeness (QED) is 0.640. The number of hydrogen-bond acceptors (Lipinski definition) is 1. The zero-order valence-electron chi connectivity index (χ0n) is 9.92. The fraction of sp³-hybridized carbons (Fsp3) is 0.846. The van der Waals surface area contributed by atoms with E-state index >= 15 is 0 Å². The van der Waals surface area contributed by atoms with Gasteiger partial charge < -0.3 is 5.32 Å². The van der Waals surface area contributed by atoms with Gasteiger partial charge in [-0.3, -0.25) is 0 Å². The molecule has 1 aliphatic rings. The predicted molar refractivity (Wildman–Crippen MR) is 63.4 cm³/mol. The van der Waals surface area contributed by atoms with Gasteiger partial charge >= 0.3 is 0 Å². The molecule has 0 saturated heterocycles. The maximum Gasteiger partial charge on any atom is 0.0139 e. The molecule has 2 unspecified atom stereocenters. The van der Waals surface area contributed by atoms with Crippen molar-refractivity contribution in [3.05, 3.63) is 12.2 Å². The molecule has 0 spiro atoms. The van der Waals surface area contributed by atoms with Crippen LogP contribution < -0.4 is 5.32 Å². The van der Waals surface area contributed by atoms with Crippen LogP contribution in [0.5, 0.6) is 0 Å². The highest BCUT2D eigenvalue weighted by atomic mass is 14.9. The maximum atomic E-state index is 3.77. The van der Waals surface area contributed by atoms with E-state index in [1.165, 1.54) is 32.1 Å². The van der Waals surface area contributed by atoms with E-state index in [9.17, 15) is 0 Å². The molecule has 0 bridgehead atoms. The molecule has 1 rings (SSSR count). The summed E-state index contributed by atoms with van der Waals surface area (Å²) in [7, 11) is 0. The Morgan fingerprint density at radius 2 is 1.86 bits per heavy atom. The molecule has 82 valence electrons. The van der Waals surface area contributed by atoms with E-state index in [2.05, 4.69) is 38.2 Å². The van der Waals surface area contributed by atoms with Crippen molar-refractivity contribution in [1.29, 1.82) is 0 Å². The smallest absolute Gasteiger partial charge is 0.0139 e. The summed E-state index contributed by atoms with van der Waals surface area (Å²) in [5.74, 6) is 0.863. The van der Waals surface area contributed by atoms with Gasteiger partial charge in [0.05, 0.1) is 0 Å². The van der Waals surface area contributed by atoms with Crippen LogP contribution in [0.3, 0.4) is 0 Å². The van der Waals surface area contributed by atoms with E-state index in [-0.39, 0.29) is 0 Å². The van der Waals surface area contributed by atoms with Gasteiger partial charge in [0.15, 0.2) is 0 Å². The normalized spacial score (nSPS) is 21.4. The Balaban J connectivity index is 2.23. The lowest BCUT2D eigenvalue weighted by atomic mass is 9.97. The van der Waals surface area contributed by atoms with Crippen molar-refractivity contribution in [2.75, 3.05) is 0 Å². The first-order valence-electron chi connectivity index (χ1n) is 6.17. The molecule has 0 heterocycles. The second kappa shape index (κ2) is 6.23. The molecule has 0 saturated carbocycles. The minimum Gasteiger partial charge on any atom is -0.311 e. The van der Waals surface area contributed by atoms with Crippen LogP contribution >= 0.6 is 0 Å². The molecule has 0 aliphatic heterocycles. The average Bonchev–Trinajstić information content (AvgIpc) is 2.69. The van der Waals surface area contributed by atoms with Crippen LogP contribution in [0, 0.1) is 5.92 Å². The van der Waals surface area contributed by atoms with E-state index in [1.807, 2.05) is 0 Å². The Labute approximate surface area is 89.0 Å². The molecule has 1 N–H and O–H groups in total. The lowest BCUT2D eigenvalue weighted by Crippen LogP contribution is -2.37. The van der Waals surface area contributed by atoms with Crippen LogP contribution in [0.15, 0.2) is 12.2 Å². The fourth-order valence-electron chi connectivity index (χ4n) is 2.09. The molecule has 1 heteroatoms. The van der Waals surface area contributed by atoms with Gasteiger partial charge in [0.1, 0.15) is 0 Å². The highest BCUT2D eigenvalue weighted by molar-refractivity contribution is 4.98. The predicted octanol–water partition coefficient (Wildman–Crippen LogP) is 3.51. The van der Waals surface area contributed by atoms with Crippen LogP contribution in [0.2, 0.25) is 0 Å². The first kappa shape index (κ1) is 11.8. The maximum absolute atomic E-state index is 3.77. The van der Waals surface area contributed by atoms with Crippen molar-refractivity contribution >= 4 is 0 Å². The summed E-state index contributed by atoms with van der Waals surface area (Å²) in [5.41, 5.74) is 0. The van der Waals surface area contributed by atoms with Gasteiger partial charge in [0, 0.05) is 12.1 Å². The largest absolute Gasteiger partial charge is 0.311 e. The topological polar surface area (TPSA) is 12.0 Å². The first-order chi connectivity index (χ1) is 6.76. The van der Waals surface area contributed by atoms with Crippen molar-refractivity contribution < 1.29 is 0 Å². The molecule has 0 radical (unpaired) electrons. The number of nitrogens with one attached hydrogen (secondary N) is 1. The summed E-state index contributed by atoms with van der Waals surface area (Å²) >= 11 is 0. The number of rotatable bonds is 6. The van der Waals surface area contributed by atoms with Gasteiger partial charge in [-0.05, 0) is 31.6 Å². The standard InChI is InChI=1S/C13H25N/c1-4-11(3)10-12(5-2)14-13-8-6-7-9-13/h6-7,11-14H,4-5,8-10H2,1-3H3. The van der Waals surface area contributed by atoms with Crippen molar-refractivity contribution in [2.45, 2.75) is 65.0 Å². The van der Waals surface area contributed by atoms with Gasteiger partial charge in [0.2, 0.25) is 0 Å². The molecule has 1 aliphatic carbocycles. The average molecular weight is 195 g/mol. The third kappa shape index (κ3) is 3.83. The van der Waals surface area contributed by atoms with Gasteiger partial charge in [-0.15, -0.1) is 0 Å². The summed E-state index contributed by atoms with van der Waals surface area (Å²) in [6, 6.07) is 1.46. The minimum atomic E-state index is 0.726. The molecule has 14 heavy (non-hydrogen) atoms. The SMILES string of the molecule is CCC(C)CC(CC)NC1CC=CC1. The first-order valence-corrected chi connectivity index (χ1v) is 6.17. The van der Waals surface area contributed by atoms with Crippen molar-refractivity contribution in [1.82, 2.24) is 5.32 Å². The van der Waals surface area contributed by atoms with Crippen molar-refractivity contribution in [3.63, 3.8) is 0 Å². The van der Waals surface area contributed by atoms with E-state index in [4.69, 9.17) is 0 Å². The Morgan fingerprint density at radius 3 is 2.36 bits per heavy atom. The van der Waals surface area contributed by atoms with Crippen LogP contribution in [0.1, 0.15) is 52.9 Å². The Morgan fingerprint density at radius 1 is 1.21 bits per heavy atom.